The summed E-state index contributed by atoms with van der Waals surface area (Å²) >= 11 is 0. The number of anilines is 2. The van der Waals surface area contributed by atoms with E-state index >= 15 is 0 Å². The van der Waals surface area contributed by atoms with Crippen LogP contribution in [0.4, 0.5) is 21.0 Å². The van der Waals surface area contributed by atoms with E-state index < -0.39 is 24.0 Å². The number of nitrogens with one attached hydrogen (secondary N) is 4. The number of nitrogens with zero attached hydrogens (tertiary/aromatic N) is 2. The van der Waals surface area contributed by atoms with Crippen molar-refractivity contribution in [2.45, 2.75) is 13.8 Å². The van der Waals surface area contributed by atoms with Crippen LogP contribution in [0.1, 0.15) is 13.8 Å². The van der Waals surface area contributed by atoms with E-state index in [2.05, 4.69) is 44.4 Å². The van der Waals surface area contributed by atoms with Gasteiger partial charge in [-0.2, -0.15) is 0 Å². The molecule has 4 N–H and O–H groups in total. The van der Waals surface area contributed by atoms with Crippen molar-refractivity contribution in [1.82, 2.24) is 20.6 Å². The SMILES string of the molecule is C=C(C)C(=O)OCCNC(=O)Nc1cc2nc3ccccc3nc2cc1NC(=O)NCCOC(=O)C(=C)C. The van der Waals surface area contributed by atoms with Gasteiger partial charge in [-0.1, -0.05) is 25.3 Å². The van der Waals surface area contributed by atoms with Gasteiger partial charge in [-0.25, -0.2) is 29.1 Å². The Morgan fingerprint density at radius 1 is 0.711 bits per heavy atom. The Bertz CT molecular complexity index is 1310. The van der Waals surface area contributed by atoms with E-state index in [9.17, 15) is 19.2 Å². The van der Waals surface area contributed by atoms with Gasteiger partial charge in [0.05, 0.1) is 46.5 Å². The first-order chi connectivity index (χ1) is 18.1. The molecule has 0 spiro atoms. The van der Waals surface area contributed by atoms with Crippen LogP contribution < -0.4 is 21.3 Å². The molecule has 0 radical (unpaired) electrons. The van der Waals surface area contributed by atoms with E-state index in [0.29, 0.717) is 22.1 Å². The topological polar surface area (TPSA) is 161 Å². The van der Waals surface area contributed by atoms with E-state index in [1.54, 1.807) is 12.1 Å². The Kier molecular flexibility index (Phi) is 9.30. The molecule has 0 atom stereocenters. The predicted molar refractivity (Wildman–Crippen MR) is 143 cm³/mol. The van der Waals surface area contributed by atoms with Crippen LogP contribution >= 0.6 is 0 Å². The van der Waals surface area contributed by atoms with Gasteiger partial charge in [0, 0.05) is 11.1 Å². The highest BCUT2D eigenvalue weighted by Crippen LogP contribution is 2.28. The van der Waals surface area contributed by atoms with Crippen LogP contribution in [-0.2, 0) is 19.1 Å². The van der Waals surface area contributed by atoms with Crippen molar-refractivity contribution in [1.29, 1.82) is 0 Å². The van der Waals surface area contributed by atoms with Crippen molar-refractivity contribution >= 4 is 57.4 Å². The van der Waals surface area contributed by atoms with Crippen molar-refractivity contribution < 1.29 is 28.7 Å². The van der Waals surface area contributed by atoms with Gasteiger partial charge in [0.25, 0.3) is 0 Å². The molecule has 3 aromatic rings. The molecule has 4 amide bonds. The zero-order valence-corrected chi connectivity index (χ0v) is 21.1. The number of benzene rings is 2. The highest BCUT2D eigenvalue weighted by atomic mass is 16.5. The number of para-hydroxylation sites is 2. The average Bonchev–Trinajstić information content (AvgIpc) is 2.87. The number of amides is 4. The number of hydrogen-bond donors (Lipinski definition) is 4. The quantitative estimate of drug-likeness (QED) is 0.137. The van der Waals surface area contributed by atoms with Crippen LogP contribution in [0.25, 0.3) is 22.1 Å². The molecule has 198 valence electrons. The van der Waals surface area contributed by atoms with Crippen LogP contribution in [0.15, 0.2) is 60.7 Å². The number of urea groups is 2. The summed E-state index contributed by atoms with van der Waals surface area (Å²) in [6.45, 7) is 10.0. The van der Waals surface area contributed by atoms with E-state index in [-0.39, 0.29) is 48.8 Å². The number of fused-ring (bicyclic) bond motifs is 2. The summed E-state index contributed by atoms with van der Waals surface area (Å²) in [4.78, 5) is 57.1. The Labute approximate surface area is 218 Å². The Balaban J connectivity index is 1.73. The first-order valence-electron chi connectivity index (χ1n) is 11.6. The second-order valence-electron chi connectivity index (χ2n) is 8.19. The molecular formula is C26H28N6O6. The monoisotopic (exact) mass is 520 g/mol. The summed E-state index contributed by atoms with van der Waals surface area (Å²) in [7, 11) is 0. The molecule has 1 heterocycles. The third kappa shape index (κ3) is 7.75. The van der Waals surface area contributed by atoms with Gasteiger partial charge in [-0.15, -0.1) is 0 Å². The highest BCUT2D eigenvalue weighted by molar-refractivity contribution is 6.03. The van der Waals surface area contributed by atoms with Gasteiger partial charge >= 0.3 is 24.0 Å². The average molecular weight is 521 g/mol. The van der Waals surface area contributed by atoms with E-state index in [1.807, 2.05) is 24.3 Å². The van der Waals surface area contributed by atoms with Gasteiger partial charge in [-0.3, -0.25) is 0 Å². The first-order valence-corrected chi connectivity index (χ1v) is 11.6. The zero-order chi connectivity index (χ0) is 27.7. The molecule has 38 heavy (non-hydrogen) atoms. The molecular weight excluding hydrogens is 492 g/mol. The fraction of sp³-hybridized carbons (Fsp3) is 0.231. The molecule has 1 aromatic heterocycles. The Hall–Kier alpha value is -5.00. The molecule has 0 aliphatic heterocycles. The molecule has 0 aliphatic rings. The van der Waals surface area contributed by atoms with Crippen LogP contribution in [-0.4, -0.2) is 60.3 Å². The minimum Gasteiger partial charge on any atom is -0.460 e. The second kappa shape index (κ2) is 12.8. The number of esters is 2. The maximum absolute atomic E-state index is 12.5. The number of ether oxygens (including phenoxy) is 2. The molecule has 0 saturated carbocycles. The van der Waals surface area contributed by atoms with Gasteiger partial charge in [0.2, 0.25) is 0 Å². The van der Waals surface area contributed by atoms with E-state index in [4.69, 9.17) is 9.47 Å². The predicted octanol–water partition coefficient (Wildman–Crippen LogP) is 3.26. The third-order valence-electron chi connectivity index (χ3n) is 4.91. The summed E-state index contributed by atoms with van der Waals surface area (Å²) in [6.07, 6.45) is 0. The lowest BCUT2D eigenvalue weighted by Crippen LogP contribution is -2.34. The number of hydrogen-bond acceptors (Lipinski definition) is 8. The van der Waals surface area contributed by atoms with Crippen molar-refractivity contribution in [3.8, 4) is 0 Å². The number of rotatable bonds is 10. The highest BCUT2D eigenvalue weighted by Gasteiger charge is 2.14. The largest absolute Gasteiger partial charge is 0.460 e. The van der Waals surface area contributed by atoms with Crippen LogP contribution in [0.3, 0.4) is 0 Å². The third-order valence-corrected chi connectivity index (χ3v) is 4.91. The Morgan fingerprint density at radius 3 is 1.47 bits per heavy atom. The van der Waals surface area contributed by atoms with Crippen molar-refractivity contribution in [3.05, 3.63) is 60.7 Å². The first kappa shape index (κ1) is 27.6. The molecule has 0 aliphatic carbocycles. The van der Waals surface area contributed by atoms with Crippen molar-refractivity contribution in [2.24, 2.45) is 0 Å². The summed E-state index contributed by atoms with van der Waals surface area (Å²) in [5.74, 6) is -1.11. The van der Waals surface area contributed by atoms with Gasteiger partial charge in [-0.05, 0) is 38.1 Å². The number of carbonyl (C=O) groups is 4. The maximum atomic E-state index is 12.5. The van der Waals surface area contributed by atoms with Crippen LogP contribution in [0.2, 0.25) is 0 Å². The molecule has 12 nitrogen and oxygen atoms in total. The lowest BCUT2D eigenvalue weighted by atomic mass is 10.2. The van der Waals surface area contributed by atoms with Crippen LogP contribution in [0.5, 0.6) is 0 Å². The minimum atomic E-state index is -0.598. The Morgan fingerprint density at radius 2 is 1.11 bits per heavy atom. The summed E-state index contributed by atoms with van der Waals surface area (Å²) in [5, 5.41) is 10.5. The molecule has 2 aromatic carbocycles. The fourth-order valence-corrected chi connectivity index (χ4v) is 3.07. The minimum absolute atomic E-state index is 0.0439. The van der Waals surface area contributed by atoms with E-state index in [1.165, 1.54) is 13.8 Å². The maximum Gasteiger partial charge on any atom is 0.333 e. The zero-order valence-electron chi connectivity index (χ0n) is 21.1. The molecule has 3 rings (SSSR count). The number of aromatic nitrogens is 2. The van der Waals surface area contributed by atoms with E-state index in [0.717, 1.165) is 0 Å². The van der Waals surface area contributed by atoms with Gasteiger partial charge in [0.1, 0.15) is 13.2 Å². The molecule has 0 fully saturated rings. The van der Waals surface area contributed by atoms with Gasteiger partial charge < -0.3 is 30.7 Å². The summed E-state index contributed by atoms with van der Waals surface area (Å²) < 4.78 is 9.91. The van der Waals surface area contributed by atoms with Crippen LogP contribution in [0, 0.1) is 0 Å². The number of carbonyl (C=O) groups excluding carboxylic acids is 4. The lowest BCUT2D eigenvalue weighted by molar-refractivity contribution is -0.139. The molecule has 0 saturated heterocycles. The lowest BCUT2D eigenvalue weighted by Gasteiger charge is -2.15. The molecule has 12 heteroatoms. The summed E-state index contributed by atoms with van der Waals surface area (Å²) in [5.41, 5.74) is 3.32. The van der Waals surface area contributed by atoms with Crippen molar-refractivity contribution in [2.75, 3.05) is 36.9 Å². The molecule has 0 unspecified atom stereocenters. The fourth-order valence-electron chi connectivity index (χ4n) is 3.07. The van der Waals surface area contributed by atoms with Crippen molar-refractivity contribution in [3.63, 3.8) is 0 Å². The standard InChI is InChI=1S/C26H28N6O6/c1-15(2)23(33)37-11-9-27-25(35)31-21-13-19-20(30-18-8-6-5-7-17(18)29-19)14-22(21)32-26(36)28-10-12-38-24(34)16(3)4/h5-8,13-14H,1,3,9-12H2,2,4H3,(H2,27,31,35)(H2,28,32,36). The molecule has 0 bridgehead atoms. The second-order valence-corrected chi connectivity index (χ2v) is 8.19. The summed E-state index contributed by atoms with van der Waals surface area (Å²) in [6, 6.07) is 9.27. The smallest absolute Gasteiger partial charge is 0.333 e. The van der Waals surface area contributed by atoms with Gasteiger partial charge in [0.15, 0.2) is 0 Å². The normalized spacial score (nSPS) is 10.4.